The van der Waals surface area contributed by atoms with Crippen molar-refractivity contribution in [1.29, 1.82) is 0 Å². The van der Waals surface area contributed by atoms with Gasteiger partial charge in [0.25, 0.3) is 0 Å². The quantitative estimate of drug-likeness (QED) is 0.816. The minimum atomic E-state index is -0.971. The maximum absolute atomic E-state index is 11.6. The van der Waals surface area contributed by atoms with Gasteiger partial charge in [-0.15, -0.1) is 0 Å². The van der Waals surface area contributed by atoms with Gasteiger partial charge in [-0.1, -0.05) is 30.5 Å². The van der Waals surface area contributed by atoms with Crippen LogP contribution in [0.5, 0.6) is 0 Å². The predicted octanol–water partition coefficient (Wildman–Crippen LogP) is 4.13. The SMILES string of the molecule is C=C1Nc2cc(C(=O)O)ccc2Sc2cc(C(C)=O)ccc21. The van der Waals surface area contributed by atoms with Crippen molar-refractivity contribution < 1.29 is 14.7 Å². The highest BCUT2D eigenvalue weighted by Crippen LogP contribution is 2.42. The molecule has 0 amide bonds. The second-order valence-corrected chi connectivity index (χ2v) is 6.07. The van der Waals surface area contributed by atoms with Gasteiger partial charge in [-0.05, 0) is 31.2 Å². The van der Waals surface area contributed by atoms with Crippen molar-refractivity contribution in [3.8, 4) is 0 Å². The van der Waals surface area contributed by atoms with Crippen LogP contribution in [0, 0.1) is 0 Å². The molecule has 0 saturated carbocycles. The van der Waals surface area contributed by atoms with Gasteiger partial charge >= 0.3 is 5.97 Å². The molecule has 0 bridgehead atoms. The average Bonchev–Trinajstić information content (AvgIpc) is 2.61. The molecule has 4 nitrogen and oxygen atoms in total. The van der Waals surface area contributed by atoms with E-state index in [1.807, 2.05) is 12.1 Å². The molecular weight excluding hydrogens is 298 g/mol. The van der Waals surface area contributed by atoms with Crippen LogP contribution < -0.4 is 5.32 Å². The lowest BCUT2D eigenvalue weighted by molar-refractivity contribution is 0.0696. The number of carboxylic acid groups (broad SMARTS) is 1. The minimum Gasteiger partial charge on any atom is -0.478 e. The highest BCUT2D eigenvalue weighted by atomic mass is 32.2. The molecule has 2 aromatic rings. The third-order valence-corrected chi connectivity index (χ3v) is 4.58. The Morgan fingerprint density at radius 3 is 2.50 bits per heavy atom. The molecule has 0 saturated heterocycles. The van der Waals surface area contributed by atoms with Gasteiger partial charge in [0.1, 0.15) is 0 Å². The number of Topliss-reactive ketones (excluding diaryl/α,β-unsaturated/α-hetero) is 1. The molecule has 0 aromatic heterocycles. The van der Waals surface area contributed by atoms with E-state index in [-0.39, 0.29) is 11.3 Å². The minimum absolute atomic E-state index is 0.00710. The number of fused-ring (bicyclic) bond motifs is 2. The normalized spacial score (nSPS) is 12.7. The molecule has 22 heavy (non-hydrogen) atoms. The zero-order valence-corrected chi connectivity index (χ0v) is 12.7. The fourth-order valence-corrected chi connectivity index (χ4v) is 3.35. The maximum Gasteiger partial charge on any atom is 0.335 e. The van der Waals surface area contributed by atoms with Crippen molar-refractivity contribution in [2.75, 3.05) is 5.32 Å². The fourth-order valence-electron chi connectivity index (χ4n) is 2.27. The Hall–Kier alpha value is -2.53. The van der Waals surface area contributed by atoms with Crippen molar-refractivity contribution in [3.63, 3.8) is 0 Å². The van der Waals surface area contributed by atoms with Crippen LogP contribution >= 0.6 is 11.8 Å². The van der Waals surface area contributed by atoms with E-state index in [9.17, 15) is 9.59 Å². The highest BCUT2D eigenvalue weighted by molar-refractivity contribution is 7.99. The van der Waals surface area contributed by atoms with Gasteiger partial charge in [0.2, 0.25) is 0 Å². The molecule has 0 spiro atoms. The summed E-state index contributed by atoms with van der Waals surface area (Å²) < 4.78 is 0. The molecule has 0 atom stereocenters. The fraction of sp³-hybridized carbons (Fsp3) is 0.0588. The number of anilines is 1. The van der Waals surface area contributed by atoms with Crippen LogP contribution in [-0.4, -0.2) is 16.9 Å². The van der Waals surface area contributed by atoms with Gasteiger partial charge in [-0.2, -0.15) is 0 Å². The van der Waals surface area contributed by atoms with E-state index in [1.165, 1.54) is 18.7 Å². The smallest absolute Gasteiger partial charge is 0.335 e. The number of nitrogens with one attached hydrogen (secondary N) is 1. The first-order valence-corrected chi connectivity index (χ1v) is 7.44. The molecular formula is C17H13NO3S. The number of carbonyl (C=O) groups excluding carboxylic acids is 1. The lowest BCUT2D eigenvalue weighted by atomic mass is 10.1. The third kappa shape index (κ3) is 2.51. The Bertz CT molecular complexity index is 827. The van der Waals surface area contributed by atoms with Gasteiger partial charge in [0.05, 0.1) is 11.3 Å². The van der Waals surface area contributed by atoms with Crippen molar-refractivity contribution in [2.45, 2.75) is 16.7 Å². The number of benzene rings is 2. The molecule has 2 aromatic carbocycles. The number of carboxylic acids is 1. The molecule has 5 heteroatoms. The second kappa shape index (κ2) is 5.35. The summed E-state index contributed by atoms with van der Waals surface area (Å²) >= 11 is 1.49. The largest absolute Gasteiger partial charge is 0.478 e. The zero-order valence-electron chi connectivity index (χ0n) is 11.8. The van der Waals surface area contributed by atoms with Crippen molar-refractivity contribution in [3.05, 3.63) is 59.7 Å². The standard InChI is InChI=1S/C17H13NO3S/c1-9-13-5-3-11(10(2)19)8-16(13)22-15-6-4-12(17(20)21)7-14(15)18-9/h3-8,18H,1H2,2H3,(H,20,21). The summed E-state index contributed by atoms with van der Waals surface area (Å²) in [5.41, 5.74) is 3.15. The van der Waals surface area contributed by atoms with Crippen LogP contribution in [0.4, 0.5) is 5.69 Å². The monoisotopic (exact) mass is 311 g/mol. The van der Waals surface area contributed by atoms with E-state index < -0.39 is 5.97 Å². The summed E-state index contributed by atoms with van der Waals surface area (Å²) in [5.74, 6) is -0.964. The first-order valence-electron chi connectivity index (χ1n) is 6.62. The molecule has 3 rings (SSSR count). The van der Waals surface area contributed by atoms with Gasteiger partial charge in [-0.25, -0.2) is 4.79 Å². The highest BCUT2D eigenvalue weighted by Gasteiger charge is 2.18. The second-order valence-electron chi connectivity index (χ2n) is 4.99. The van der Waals surface area contributed by atoms with E-state index in [1.54, 1.807) is 24.3 Å². The molecule has 0 fully saturated rings. The van der Waals surface area contributed by atoms with E-state index in [0.29, 0.717) is 16.9 Å². The Morgan fingerprint density at radius 2 is 1.82 bits per heavy atom. The van der Waals surface area contributed by atoms with Crippen molar-refractivity contribution in [2.24, 2.45) is 0 Å². The van der Waals surface area contributed by atoms with Crippen LogP contribution in [0.15, 0.2) is 52.8 Å². The summed E-state index contributed by atoms with van der Waals surface area (Å²) in [6.45, 7) is 5.54. The van der Waals surface area contributed by atoms with Crippen LogP contribution in [-0.2, 0) is 0 Å². The number of carbonyl (C=O) groups is 2. The average molecular weight is 311 g/mol. The van der Waals surface area contributed by atoms with Crippen molar-refractivity contribution >= 4 is 34.9 Å². The van der Waals surface area contributed by atoms with E-state index in [0.717, 1.165) is 15.4 Å². The van der Waals surface area contributed by atoms with E-state index in [4.69, 9.17) is 5.11 Å². The number of ketones is 1. The third-order valence-electron chi connectivity index (χ3n) is 3.45. The number of hydrogen-bond donors (Lipinski definition) is 2. The summed E-state index contributed by atoms with van der Waals surface area (Å²) in [6, 6.07) is 10.4. The topological polar surface area (TPSA) is 66.4 Å². The Morgan fingerprint density at radius 1 is 1.09 bits per heavy atom. The van der Waals surface area contributed by atoms with Crippen LogP contribution in [0.25, 0.3) is 5.70 Å². The molecule has 110 valence electrons. The summed E-state index contributed by atoms with van der Waals surface area (Å²) in [5, 5.41) is 12.3. The molecule has 1 aliphatic rings. The molecule has 1 heterocycles. The van der Waals surface area contributed by atoms with Crippen LogP contribution in [0.3, 0.4) is 0 Å². The Kier molecular flexibility index (Phi) is 3.50. The first kappa shape index (κ1) is 14.4. The number of rotatable bonds is 2. The summed E-state index contributed by atoms with van der Waals surface area (Å²) in [4.78, 5) is 24.5. The molecule has 0 unspecified atom stereocenters. The van der Waals surface area contributed by atoms with Crippen LogP contribution in [0.2, 0.25) is 0 Å². The van der Waals surface area contributed by atoms with E-state index >= 15 is 0 Å². The van der Waals surface area contributed by atoms with Gasteiger partial charge in [0, 0.05) is 26.6 Å². The lowest BCUT2D eigenvalue weighted by Gasteiger charge is -2.09. The first-order chi connectivity index (χ1) is 10.5. The lowest BCUT2D eigenvalue weighted by Crippen LogP contribution is -2.01. The number of aromatic carboxylic acids is 1. The van der Waals surface area contributed by atoms with E-state index in [2.05, 4.69) is 11.9 Å². The van der Waals surface area contributed by atoms with Crippen LogP contribution in [0.1, 0.15) is 33.2 Å². The van der Waals surface area contributed by atoms with Crippen molar-refractivity contribution in [1.82, 2.24) is 0 Å². The molecule has 0 radical (unpaired) electrons. The molecule has 2 N–H and O–H groups in total. The molecule has 1 aliphatic heterocycles. The van der Waals surface area contributed by atoms with Gasteiger partial charge in [0.15, 0.2) is 5.78 Å². The Balaban J connectivity index is 2.11. The van der Waals surface area contributed by atoms with Gasteiger partial charge < -0.3 is 10.4 Å². The summed E-state index contributed by atoms with van der Waals surface area (Å²) in [7, 11) is 0. The maximum atomic E-state index is 11.6. The molecule has 0 aliphatic carbocycles. The van der Waals surface area contributed by atoms with Gasteiger partial charge in [-0.3, -0.25) is 4.79 Å². The summed E-state index contributed by atoms with van der Waals surface area (Å²) in [6.07, 6.45) is 0. The predicted molar refractivity (Wildman–Crippen MR) is 86.6 cm³/mol. The Labute approximate surface area is 131 Å². The number of hydrogen-bond acceptors (Lipinski definition) is 4. The zero-order chi connectivity index (χ0) is 15.9.